The van der Waals surface area contributed by atoms with E-state index in [2.05, 4.69) is 16.8 Å². The summed E-state index contributed by atoms with van der Waals surface area (Å²) in [6.07, 6.45) is 4.07. The first-order chi connectivity index (χ1) is 7.22. The first-order valence-corrected chi connectivity index (χ1v) is 6.20. The number of unbranched alkanes of at least 4 members (excludes halogenated alkanes) is 1. The third kappa shape index (κ3) is 3.02. The molecule has 0 bridgehead atoms. The van der Waals surface area contributed by atoms with Crippen molar-refractivity contribution < 1.29 is 4.79 Å². The highest BCUT2D eigenvalue weighted by atomic mass is 32.1. The molecule has 0 saturated carbocycles. The first kappa shape index (κ1) is 12.2. The van der Waals surface area contributed by atoms with Crippen LogP contribution < -0.4 is 4.90 Å². The van der Waals surface area contributed by atoms with Crippen LogP contribution in [0.4, 0.5) is 5.13 Å². The molecule has 0 fully saturated rings. The van der Waals surface area contributed by atoms with Crippen molar-refractivity contribution in [1.82, 2.24) is 4.98 Å². The average Bonchev–Trinajstić information content (AvgIpc) is 2.68. The van der Waals surface area contributed by atoms with Crippen molar-refractivity contribution in [2.24, 2.45) is 0 Å². The minimum atomic E-state index is 0.774. The van der Waals surface area contributed by atoms with Crippen molar-refractivity contribution in [3.63, 3.8) is 0 Å². The zero-order valence-corrected chi connectivity index (χ0v) is 10.4. The van der Waals surface area contributed by atoms with E-state index in [9.17, 15) is 4.79 Å². The molecule has 1 aromatic heterocycles. The summed E-state index contributed by atoms with van der Waals surface area (Å²) in [5.41, 5.74) is 0.924. The number of nitrogens with zero attached hydrogens (tertiary/aromatic N) is 2. The lowest BCUT2D eigenvalue weighted by Gasteiger charge is -2.14. The van der Waals surface area contributed by atoms with Crippen LogP contribution in [0.1, 0.15) is 42.1 Å². The lowest BCUT2D eigenvalue weighted by molar-refractivity contribution is 0.112. The van der Waals surface area contributed by atoms with Crippen molar-refractivity contribution >= 4 is 22.8 Å². The number of carbonyl (C=O) groups is 1. The lowest BCUT2D eigenvalue weighted by Crippen LogP contribution is -2.17. The SMILES string of the molecule is CCCCN(C)c1nc(CC)c(C=O)s1. The number of hydrogen-bond acceptors (Lipinski definition) is 4. The summed E-state index contributed by atoms with van der Waals surface area (Å²) in [5, 5.41) is 0.961. The van der Waals surface area contributed by atoms with Crippen LogP contribution in [0.25, 0.3) is 0 Å². The highest BCUT2D eigenvalue weighted by Crippen LogP contribution is 2.24. The van der Waals surface area contributed by atoms with E-state index in [1.54, 1.807) is 0 Å². The molecule has 0 radical (unpaired) electrons. The summed E-state index contributed by atoms with van der Waals surface area (Å²) < 4.78 is 0. The summed E-state index contributed by atoms with van der Waals surface area (Å²) in [6.45, 7) is 5.20. The Morgan fingerprint density at radius 2 is 2.20 bits per heavy atom. The highest BCUT2D eigenvalue weighted by molar-refractivity contribution is 7.17. The monoisotopic (exact) mass is 226 g/mol. The fourth-order valence-electron chi connectivity index (χ4n) is 1.35. The van der Waals surface area contributed by atoms with E-state index in [1.165, 1.54) is 17.8 Å². The number of hydrogen-bond donors (Lipinski definition) is 0. The zero-order valence-electron chi connectivity index (χ0n) is 9.62. The van der Waals surface area contributed by atoms with Gasteiger partial charge in [-0.3, -0.25) is 4.79 Å². The van der Waals surface area contributed by atoms with E-state index in [1.807, 2.05) is 14.0 Å². The second-order valence-electron chi connectivity index (χ2n) is 3.55. The Bertz CT molecular complexity index is 322. The molecular formula is C11H18N2OS. The van der Waals surface area contributed by atoms with Crippen molar-refractivity contribution in [2.75, 3.05) is 18.5 Å². The normalized spacial score (nSPS) is 10.3. The van der Waals surface area contributed by atoms with Crippen molar-refractivity contribution in [2.45, 2.75) is 33.1 Å². The lowest BCUT2D eigenvalue weighted by atomic mass is 10.3. The van der Waals surface area contributed by atoms with Gasteiger partial charge in [0.1, 0.15) is 0 Å². The van der Waals surface area contributed by atoms with Gasteiger partial charge in [0.15, 0.2) is 11.4 Å². The van der Waals surface area contributed by atoms with Gasteiger partial charge in [0.05, 0.1) is 10.6 Å². The number of thiazole rings is 1. The van der Waals surface area contributed by atoms with Crippen LogP contribution in [0.15, 0.2) is 0 Å². The van der Waals surface area contributed by atoms with E-state index in [0.717, 1.165) is 41.4 Å². The molecule has 0 aliphatic carbocycles. The molecule has 3 nitrogen and oxygen atoms in total. The van der Waals surface area contributed by atoms with E-state index in [-0.39, 0.29) is 0 Å². The Kier molecular flexibility index (Phi) is 4.75. The molecule has 0 aliphatic heterocycles. The molecule has 4 heteroatoms. The van der Waals surface area contributed by atoms with Gasteiger partial charge in [0, 0.05) is 13.6 Å². The number of aromatic nitrogens is 1. The molecule has 0 saturated heterocycles. The third-order valence-corrected chi connectivity index (χ3v) is 3.47. The highest BCUT2D eigenvalue weighted by Gasteiger charge is 2.11. The van der Waals surface area contributed by atoms with E-state index in [0.29, 0.717) is 0 Å². The minimum Gasteiger partial charge on any atom is -0.351 e. The maximum absolute atomic E-state index is 10.8. The number of aldehydes is 1. The first-order valence-electron chi connectivity index (χ1n) is 5.38. The fourth-order valence-corrected chi connectivity index (χ4v) is 2.31. The maximum atomic E-state index is 10.8. The van der Waals surface area contributed by atoms with E-state index < -0.39 is 0 Å². The van der Waals surface area contributed by atoms with Gasteiger partial charge in [0.25, 0.3) is 0 Å². The largest absolute Gasteiger partial charge is 0.351 e. The van der Waals surface area contributed by atoms with Gasteiger partial charge in [0.2, 0.25) is 0 Å². The summed E-state index contributed by atoms with van der Waals surface area (Å²) in [7, 11) is 2.03. The zero-order chi connectivity index (χ0) is 11.3. The average molecular weight is 226 g/mol. The van der Waals surface area contributed by atoms with Gasteiger partial charge in [-0.05, 0) is 12.8 Å². The molecule has 84 valence electrons. The number of anilines is 1. The quantitative estimate of drug-likeness (QED) is 0.699. The predicted octanol–water partition coefficient (Wildman–Crippen LogP) is 2.75. The number of aryl methyl sites for hydroxylation is 1. The molecule has 1 rings (SSSR count). The Hall–Kier alpha value is -0.900. The molecule has 0 aromatic carbocycles. The molecule has 0 aliphatic rings. The summed E-state index contributed by atoms with van der Waals surface area (Å²) in [5.74, 6) is 0. The van der Waals surface area contributed by atoms with Crippen LogP contribution in [0.2, 0.25) is 0 Å². The van der Waals surface area contributed by atoms with Crippen LogP contribution in [0.5, 0.6) is 0 Å². The molecule has 1 aromatic rings. The van der Waals surface area contributed by atoms with E-state index in [4.69, 9.17) is 0 Å². The smallest absolute Gasteiger partial charge is 0.185 e. The molecule has 0 N–H and O–H groups in total. The molecule has 15 heavy (non-hydrogen) atoms. The van der Waals surface area contributed by atoms with Crippen molar-refractivity contribution in [3.8, 4) is 0 Å². The summed E-state index contributed by atoms with van der Waals surface area (Å²) >= 11 is 1.49. The Morgan fingerprint density at radius 3 is 2.67 bits per heavy atom. The van der Waals surface area contributed by atoms with Crippen LogP contribution in [-0.2, 0) is 6.42 Å². The summed E-state index contributed by atoms with van der Waals surface area (Å²) in [6, 6.07) is 0. The standard InChI is InChI=1S/C11H18N2OS/c1-4-6-7-13(3)11-12-9(5-2)10(8-14)15-11/h8H,4-7H2,1-3H3. The fraction of sp³-hybridized carbons (Fsp3) is 0.636. The van der Waals surface area contributed by atoms with Crippen LogP contribution in [-0.4, -0.2) is 24.9 Å². The Morgan fingerprint density at radius 1 is 1.47 bits per heavy atom. The minimum absolute atomic E-state index is 0.774. The van der Waals surface area contributed by atoms with Gasteiger partial charge in [-0.2, -0.15) is 0 Å². The third-order valence-electron chi connectivity index (χ3n) is 2.33. The summed E-state index contributed by atoms with van der Waals surface area (Å²) in [4.78, 5) is 18.2. The van der Waals surface area contributed by atoms with Crippen LogP contribution in [0, 0.1) is 0 Å². The molecule has 1 heterocycles. The molecule has 0 amide bonds. The van der Waals surface area contributed by atoms with Crippen LogP contribution in [0.3, 0.4) is 0 Å². The second kappa shape index (κ2) is 5.85. The topological polar surface area (TPSA) is 33.2 Å². The Labute approximate surface area is 95.1 Å². The maximum Gasteiger partial charge on any atom is 0.185 e. The van der Waals surface area contributed by atoms with Gasteiger partial charge in [-0.1, -0.05) is 31.6 Å². The van der Waals surface area contributed by atoms with Crippen molar-refractivity contribution in [3.05, 3.63) is 10.6 Å². The number of rotatable bonds is 6. The predicted molar refractivity (Wildman–Crippen MR) is 65.1 cm³/mol. The second-order valence-corrected chi connectivity index (χ2v) is 4.56. The number of carbonyl (C=O) groups excluding carboxylic acids is 1. The van der Waals surface area contributed by atoms with Crippen molar-refractivity contribution in [1.29, 1.82) is 0 Å². The van der Waals surface area contributed by atoms with Gasteiger partial charge >= 0.3 is 0 Å². The van der Waals surface area contributed by atoms with E-state index >= 15 is 0 Å². The van der Waals surface area contributed by atoms with Gasteiger partial charge in [-0.25, -0.2) is 4.98 Å². The molecule has 0 unspecified atom stereocenters. The molecule has 0 atom stereocenters. The Balaban J connectivity index is 2.76. The van der Waals surface area contributed by atoms with Gasteiger partial charge in [-0.15, -0.1) is 0 Å². The van der Waals surface area contributed by atoms with Crippen LogP contribution >= 0.6 is 11.3 Å². The van der Waals surface area contributed by atoms with Gasteiger partial charge < -0.3 is 4.90 Å². The molecular weight excluding hydrogens is 208 g/mol. The molecule has 0 spiro atoms.